The number of amides is 1. The number of carbonyl (C=O) groups excluding carboxylic acids is 1. The van der Waals surface area contributed by atoms with E-state index in [4.69, 9.17) is 9.47 Å². The second-order valence-electron chi connectivity index (χ2n) is 9.34. The molecular weight excluding hydrogens is 422 g/mol. The molecule has 1 N–H and O–H groups in total. The highest BCUT2D eigenvalue weighted by Crippen LogP contribution is 2.35. The first kappa shape index (κ1) is 23.1. The topological polar surface area (TPSA) is 93.9 Å². The summed E-state index contributed by atoms with van der Waals surface area (Å²) in [6.45, 7) is 2.20. The molecule has 3 atom stereocenters. The van der Waals surface area contributed by atoms with Crippen LogP contribution in [-0.2, 0) is 23.2 Å². The minimum atomic E-state index is -0.739. The molecule has 0 unspecified atom stereocenters. The molecule has 1 amide bonds. The molecule has 8 nitrogen and oxygen atoms in total. The van der Waals surface area contributed by atoms with E-state index in [1.165, 1.54) is 12.8 Å². The summed E-state index contributed by atoms with van der Waals surface area (Å²) in [4.78, 5) is 25.5. The SMILES string of the molecule is C[C@@H](C1CC1)N(C)C(=O)OCc1c(-c2ccc(O[C@H]3CCC[C@H](C(=O)O)C3)cc2)cnn1C. The Bertz CT molecular complexity index is 982. The number of aryl methyl sites for hydroxylation is 1. The third-order valence-corrected chi connectivity index (χ3v) is 7.04. The van der Waals surface area contributed by atoms with Crippen molar-refractivity contribution in [2.45, 2.75) is 64.2 Å². The van der Waals surface area contributed by atoms with E-state index in [9.17, 15) is 14.7 Å². The summed E-state index contributed by atoms with van der Waals surface area (Å²) >= 11 is 0. The van der Waals surface area contributed by atoms with Crippen LogP contribution in [0.1, 0.15) is 51.1 Å². The van der Waals surface area contributed by atoms with Crippen molar-refractivity contribution in [3.8, 4) is 16.9 Å². The number of nitrogens with zero attached hydrogens (tertiary/aromatic N) is 3. The molecule has 2 saturated carbocycles. The number of rotatable bonds is 8. The van der Waals surface area contributed by atoms with Gasteiger partial charge in [-0.05, 0) is 69.1 Å². The van der Waals surface area contributed by atoms with Crippen molar-refractivity contribution in [3.63, 3.8) is 0 Å². The summed E-state index contributed by atoms with van der Waals surface area (Å²) < 4.78 is 13.4. The smallest absolute Gasteiger partial charge is 0.410 e. The molecule has 4 rings (SSSR count). The van der Waals surface area contributed by atoms with Gasteiger partial charge in [-0.3, -0.25) is 9.48 Å². The zero-order valence-electron chi connectivity index (χ0n) is 19.6. The molecule has 0 spiro atoms. The van der Waals surface area contributed by atoms with Crippen LogP contribution < -0.4 is 4.74 Å². The van der Waals surface area contributed by atoms with Crippen molar-refractivity contribution in [2.24, 2.45) is 18.9 Å². The van der Waals surface area contributed by atoms with E-state index in [0.29, 0.717) is 12.3 Å². The number of carbonyl (C=O) groups is 2. The van der Waals surface area contributed by atoms with Crippen molar-refractivity contribution >= 4 is 12.1 Å². The van der Waals surface area contributed by atoms with E-state index in [1.54, 1.807) is 22.8 Å². The Balaban J connectivity index is 1.38. The third-order valence-electron chi connectivity index (χ3n) is 7.04. The van der Waals surface area contributed by atoms with Crippen LogP contribution in [0.25, 0.3) is 11.1 Å². The number of carboxylic acid groups (broad SMARTS) is 1. The van der Waals surface area contributed by atoms with Gasteiger partial charge in [0.1, 0.15) is 12.4 Å². The molecular formula is C25H33N3O5. The van der Waals surface area contributed by atoms with Gasteiger partial charge in [-0.25, -0.2) is 4.79 Å². The minimum Gasteiger partial charge on any atom is -0.490 e. The van der Waals surface area contributed by atoms with Crippen molar-refractivity contribution in [3.05, 3.63) is 36.2 Å². The van der Waals surface area contributed by atoms with Crippen molar-refractivity contribution < 1.29 is 24.2 Å². The molecule has 178 valence electrons. The molecule has 8 heteroatoms. The zero-order chi connectivity index (χ0) is 23.5. The molecule has 0 aliphatic heterocycles. The summed E-state index contributed by atoms with van der Waals surface area (Å²) in [7, 11) is 3.63. The van der Waals surface area contributed by atoms with Gasteiger partial charge in [0.15, 0.2) is 0 Å². The highest BCUT2D eigenvalue weighted by molar-refractivity contribution is 5.70. The van der Waals surface area contributed by atoms with E-state index in [2.05, 4.69) is 12.0 Å². The van der Waals surface area contributed by atoms with Crippen molar-refractivity contribution in [2.75, 3.05) is 7.05 Å². The van der Waals surface area contributed by atoms with Crippen molar-refractivity contribution in [1.82, 2.24) is 14.7 Å². The third kappa shape index (κ3) is 5.49. The summed E-state index contributed by atoms with van der Waals surface area (Å²) in [5, 5.41) is 13.6. The van der Waals surface area contributed by atoms with Gasteiger partial charge in [-0.1, -0.05) is 12.1 Å². The summed E-state index contributed by atoms with van der Waals surface area (Å²) in [5.41, 5.74) is 2.67. The minimum absolute atomic E-state index is 0.0749. The highest BCUT2D eigenvalue weighted by atomic mass is 16.6. The maximum absolute atomic E-state index is 12.5. The molecule has 1 heterocycles. The van der Waals surface area contributed by atoms with Crippen LogP contribution in [0.2, 0.25) is 0 Å². The Morgan fingerprint density at radius 1 is 1.21 bits per heavy atom. The molecule has 0 bridgehead atoms. The molecule has 2 fully saturated rings. The lowest BCUT2D eigenvalue weighted by molar-refractivity contribution is -0.143. The molecule has 2 aromatic rings. The quantitative estimate of drug-likeness (QED) is 0.631. The van der Waals surface area contributed by atoms with Gasteiger partial charge in [0.2, 0.25) is 0 Å². The molecule has 0 saturated heterocycles. The van der Waals surface area contributed by atoms with E-state index in [0.717, 1.165) is 41.8 Å². The van der Waals surface area contributed by atoms with Gasteiger partial charge in [0.25, 0.3) is 0 Å². The van der Waals surface area contributed by atoms with Gasteiger partial charge in [-0.15, -0.1) is 0 Å². The van der Waals surface area contributed by atoms with E-state index < -0.39 is 5.97 Å². The van der Waals surface area contributed by atoms with Crippen molar-refractivity contribution in [1.29, 1.82) is 0 Å². The van der Waals surface area contributed by atoms with Gasteiger partial charge in [0, 0.05) is 25.7 Å². The molecule has 1 aromatic heterocycles. The lowest BCUT2D eigenvalue weighted by Crippen LogP contribution is -2.36. The maximum Gasteiger partial charge on any atom is 0.410 e. The average molecular weight is 456 g/mol. The fourth-order valence-electron chi connectivity index (χ4n) is 4.55. The summed E-state index contributed by atoms with van der Waals surface area (Å²) in [6, 6.07) is 7.89. The van der Waals surface area contributed by atoms with Gasteiger partial charge in [-0.2, -0.15) is 5.10 Å². The van der Waals surface area contributed by atoms with E-state index in [1.807, 2.05) is 31.3 Å². The van der Waals surface area contributed by atoms with Gasteiger partial charge < -0.3 is 19.5 Å². The number of carboxylic acids is 1. The van der Waals surface area contributed by atoms with Crippen LogP contribution in [0, 0.1) is 11.8 Å². The van der Waals surface area contributed by atoms with Gasteiger partial charge >= 0.3 is 12.1 Å². The summed E-state index contributed by atoms with van der Waals surface area (Å²) in [6.07, 6.45) is 6.72. The monoisotopic (exact) mass is 455 g/mol. The first-order chi connectivity index (χ1) is 15.8. The van der Waals surface area contributed by atoms with Crippen LogP contribution in [0.5, 0.6) is 5.75 Å². The number of ether oxygens (including phenoxy) is 2. The Labute approximate surface area is 194 Å². The highest BCUT2D eigenvalue weighted by Gasteiger charge is 2.33. The second kappa shape index (κ2) is 9.85. The largest absolute Gasteiger partial charge is 0.490 e. The predicted octanol–water partition coefficient (Wildman–Crippen LogP) is 4.48. The van der Waals surface area contributed by atoms with Gasteiger partial charge in [0.05, 0.1) is 23.9 Å². The Hall–Kier alpha value is -3.03. The molecule has 0 radical (unpaired) electrons. The lowest BCUT2D eigenvalue weighted by Gasteiger charge is -2.27. The molecule has 1 aromatic carbocycles. The molecule has 33 heavy (non-hydrogen) atoms. The Morgan fingerprint density at radius 3 is 2.61 bits per heavy atom. The fourth-order valence-corrected chi connectivity index (χ4v) is 4.55. The Kier molecular flexibility index (Phi) is 6.91. The van der Waals surface area contributed by atoms with Crippen LogP contribution in [-0.4, -0.2) is 51.0 Å². The fraction of sp³-hybridized carbons (Fsp3) is 0.560. The average Bonchev–Trinajstić information content (AvgIpc) is 3.60. The maximum atomic E-state index is 12.5. The lowest BCUT2D eigenvalue weighted by atomic mass is 9.87. The standard InChI is InChI=1S/C25H33N3O5/c1-16(17-7-8-17)27(2)25(31)32-15-23-22(14-26-28(23)3)18-9-11-20(12-10-18)33-21-6-4-5-19(13-21)24(29)30/h9-12,14,16-17,19,21H,4-8,13,15H2,1-3H3,(H,29,30)/t16-,19-,21-/m0/s1. The normalized spacial score (nSPS) is 21.3. The molecule has 2 aliphatic carbocycles. The number of benzene rings is 1. The number of hydrogen-bond acceptors (Lipinski definition) is 5. The second-order valence-corrected chi connectivity index (χ2v) is 9.34. The summed E-state index contributed by atoms with van der Waals surface area (Å²) in [5.74, 6) is 0.244. The predicted molar refractivity (Wildman–Crippen MR) is 123 cm³/mol. The Morgan fingerprint density at radius 2 is 1.94 bits per heavy atom. The number of aromatic nitrogens is 2. The first-order valence-electron chi connectivity index (χ1n) is 11.7. The first-order valence-corrected chi connectivity index (χ1v) is 11.7. The number of aliphatic carboxylic acids is 1. The number of hydrogen-bond donors (Lipinski definition) is 1. The van der Waals surface area contributed by atoms with Crippen LogP contribution in [0.15, 0.2) is 30.5 Å². The zero-order valence-corrected chi connectivity index (χ0v) is 19.6. The van der Waals surface area contributed by atoms with Crippen LogP contribution in [0.4, 0.5) is 4.79 Å². The van der Waals surface area contributed by atoms with E-state index >= 15 is 0 Å². The van der Waals surface area contributed by atoms with Crippen LogP contribution >= 0.6 is 0 Å². The van der Waals surface area contributed by atoms with E-state index in [-0.39, 0.29) is 30.8 Å². The molecule has 2 aliphatic rings. The van der Waals surface area contributed by atoms with Crippen LogP contribution in [0.3, 0.4) is 0 Å².